The number of nitrogens with one attached hydrogen (secondary N) is 2. The number of nitrogens with zero attached hydrogens (tertiary/aromatic N) is 4. The number of ether oxygens (including phenoxy) is 1. The zero-order chi connectivity index (χ0) is 29.1. The molecule has 0 saturated heterocycles. The van der Waals surface area contributed by atoms with Crippen LogP contribution in [0.2, 0.25) is 0 Å². The zero-order valence-electron chi connectivity index (χ0n) is 25.0. The Morgan fingerprint density at radius 2 is 1.82 bits per heavy atom. The molecule has 1 saturated carbocycles. The summed E-state index contributed by atoms with van der Waals surface area (Å²) in [5.74, 6) is 3.32. The first-order valence-electron chi connectivity index (χ1n) is 14.9. The molecule has 40 heavy (non-hydrogen) atoms. The van der Waals surface area contributed by atoms with Crippen LogP contribution in [0, 0.1) is 12.3 Å². The number of carbonyl (C=O) groups excluding carboxylic acids is 2. The maximum atomic E-state index is 13.1. The van der Waals surface area contributed by atoms with Gasteiger partial charge in [-0.1, -0.05) is 32.1 Å². The predicted octanol–water partition coefficient (Wildman–Crippen LogP) is 6.61. The van der Waals surface area contributed by atoms with Crippen molar-refractivity contribution in [1.29, 1.82) is 0 Å². The van der Waals surface area contributed by atoms with Crippen LogP contribution in [0.3, 0.4) is 0 Å². The van der Waals surface area contributed by atoms with E-state index in [1.807, 2.05) is 35.5 Å². The Morgan fingerprint density at radius 1 is 1.12 bits per heavy atom. The Balaban J connectivity index is 1.52. The first-order valence-corrected chi connectivity index (χ1v) is 14.9. The van der Waals surface area contributed by atoms with Crippen molar-refractivity contribution in [2.45, 2.75) is 135 Å². The second kappa shape index (κ2) is 14.9. The third kappa shape index (κ3) is 9.72. The number of carbonyl (C=O) groups is 2. The Hall–Kier alpha value is -3.28. The fourth-order valence-corrected chi connectivity index (χ4v) is 5.11. The molecule has 0 aromatic carbocycles. The number of amides is 2. The van der Waals surface area contributed by atoms with E-state index in [0.717, 1.165) is 57.2 Å². The molecule has 9 heteroatoms. The highest BCUT2D eigenvalue weighted by Gasteiger charge is 2.32. The van der Waals surface area contributed by atoms with Crippen molar-refractivity contribution >= 4 is 17.8 Å². The highest BCUT2D eigenvalue weighted by Crippen LogP contribution is 2.37. The molecule has 1 fully saturated rings. The van der Waals surface area contributed by atoms with E-state index in [4.69, 9.17) is 16.3 Å². The molecule has 0 aliphatic heterocycles. The fraction of sp³-hybridized carbons (Fsp3) is 0.677. The number of unbranched alkanes of at least 4 members (excludes halogenated alkanes) is 7. The molecule has 2 aromatic heterocycles. The summed E-state index contributed by atoms with van der Waals surface area (Å²) in [6, 6.07) is 2.00. The molecular formula is C31H48N6O3. The smallest absolute Gasteiger partial charge is 0.407 e. The van der Waals surface area contributed by atoms with E-state index in [-0.39, 0.29) is 35.6 Å². The van der Waals surface area contributed by atoms with E-state index >= 15 is 0 Å². The van der Waals surface area contributed by atoms with Gasteiger partial charge in [0.25, 0.3) is 5.91 Å². The lowest BCUT2D eigenvalue weighted by Crippen LogP contribution is -2.33. The molecule has 2 amide bonds. The summed E-state index contributed by atoms with van der Waals surface area (Å²) >= 11 is 0. The van der Waals surface area contributed by atoms with Gasteiger partial charge in [-0.05, 0) is 66.7 Å². The molecule has 0 bridgehead atoms. The van der Waals surface area contributed by atoms with Gasteiger partial charge in [-0.2, -0.15) is 10.2 Å². The highest BCUT2D eigenvalue weighted by molar-refractivity contribution is 6.03. The number of hydrogen-bond acceptors (Lipinski definition) is 5. The lowest BCUT2D eigenvalue weighted by molar-refractivity contribution is 0.0979. The normalized spacial score (nSPS) is 17.1. The molecule has 3 rings (SSSR count). The highest BCUT2D eigenvalue weighted by atomic mass is 16.6. The minimum absolute atomic E-state index is 0.0374. The number of anilines is 1. The van der Waals surface area contributed by atoms with Gasteiger partial charge >= 0.3 is 6.09 Å². The van der Waals surface area contributed by atoms with Gasteiger partial charge < -0.3 is 15.4 Å². The predicted molar refractivity (Wildman–Crippen MR) is 158 cm³/mol. The van der Waals surface area contributed by atoms with Crippen molar-refractivity contribution in [1.82, 2.24) is 24.9 Å². The van der Waals surface area contributed by atoms with Crippen molar-refractivity contribution in [3.8, 4) is 12.3 Å². The van der Waals surface area contributed by atoms with Crippen molar-refractivity contribution in [3.05, 3.63) is 29.7 Å². The van der Waals surface area contributed by atoms with Gasteiger partial charge in [-0.15, -0.1) is 12.3 Å². The zero-order valence-corrected chi connectivity index (χ0v) is 25.0. The minimum Gasteiger partial charge on any atom is -0.446 e. The molecule has 2 heterocycles. The molecule has 2 atom stereocenters. The molecule has 0 spiro atoms. The van der Waals surface area contributed by atoms with Crippen LogP contribution >= 0.6 is 0 Å². The summed E-state index contributed by atoms with van der Waals surface area (Å²) in [6.07, 6.45) is 19.7. The quantitative estimate of drug-likeness (QED) is 0.203. The third-order valence-electron chi connectivity index (χ3n) is 7.19. The average molecular weight is 553 g/mol. The van der Waals surface area contributed by atoms with Crippen LogP contribution in [0.4, 0.5) is 10.6 Å². The summed E-state index contributed by atoms with van der Waals surface area (Å²) < 4.78 is 9.32. The van der Waals surface area contributed by atoms with Gasteiger partial charge in [-0.3, -0.25) is 9.48 Å². The summed E-state index contributed by atoms with van der Waals surface area (Å²) in [5.41, 5.74) is 1.12. The van der Waals surface area contributed by atoms with Crippen LogP contribution in [-0.4, -0.2) is 43.7 Å². The monoisotopic (exact) mass is 552 g/mol. The van der Waals surface area contributed by atoms with Gasteiger partial charge in [0, 0.05) is 37.2 Å². The topological polar surface area (TPSA) is 103 Å². The fourth-order valence-electron chi connectivity index (χ4n) is 5.11. The lowest BCUT2D eigenvalue weighted by Gasteiger charge is -2.22. The standard InChI is InChI=1S/C31H48N6O3/c1-7-8-9-10-11-12-13-14-15-18-36-22-25(21-32-36)29(38)34-28-20-27(35-37(28)31(4,5)6)24-16-17-26(19-24)40-30(39)33-23(2)3/h1,20-24,26H,8-19H2,2-6H3,(H,33,39)(H,34,38)/t24-,26+/m1/s1. The van der Waals surface area contributed by atoms with Crippen LogP contribution < -0.4 is 10.6 Å². The van der Waals surface area contributed by atoms with Crippen LogP contribution in [0.1, 0.15) is 127 Å². The van der Waals surface area contributed by atoms with Gasteiger partial charge in [0.2, 0.25) is 0 Å². The average Bonchev–Trinajstić information content (AvgIpc) is 3.62. The minimum atomic E-state index is -0.374. The van der Waals surface area contributed by atoms with E-state index in [0.29, 0.717) is 11.4 Å². The Morgan fingerprint density at radius 3 is 2.50 bits per heavy atom. The number of rotatable bonds is 14. The Bertz CT molecular complexity index is 1140. The van der Waals surface area contributed by atoms with Crippen LogP contribution in [0.15, 0.2) is 18.5 Å². The van der Waals surface area contributed by atoms with Crippen LogP contribution in [0.25, 0.3) is 0 Å². The van der Waals surface area contributed by atoms with Crippen molar-refractivity contribution in [2.75, 3.05) is 5.32 Å². The molecule has 2 aromatic rings. The molecule has 9 nitrogen and oxygen atoms in total. The summed E-state index contributed by atoms with van der Waals surface area (Å²) in [5, 5.41) is 15.1. The SMILES string of the molecule is C#CCCCCCCCCCn1cc(C(=O)Nc2cc([C@@H]3CC[C@H](OC(=O)NC(C)C)C3)nn2C(C)(C)C)cn1. The van der Waals surface area contributed by atoms with Gasteiger partial charge in [0.05, 0.1) is 23.0 Å². The second-order valence-electron chi connectivity index (χ2n) is 12.2. The summed E-state index contributed by atoms with van der Waals surface area (Å²) in [6.45, 7) is 10.8. The molecule has 220 valence electrons. The van der Waals surface area contributed by atoms with Crippen molar-refractivity contribution < 1.29 is 14.3 Å². The van der Waals surface area contributed by atoms with Crippen LogP contribution in [0.5, 0.6) is 0 Å². The number of terminal acetylenes is 1. The maximum absolute atomic E-state index is 13.1. The molecular weight excluding hydrogens is 504 g/mol. The Labute approximate surface area is 239 Å². The van der Waals surface area contributed by atoms with E-state index in [1.165, 1.54) is 25.7 Å². The van der Waals surface area contributed by atoms with E-state index in [9.17, 15) is 9.59 Å². The lowest BCUT2D eigenvalue weighted by atomic mass is 10.0. The number of aryl methyl sites for hydroxylation is 1. The van der Waals surface area contributed by atoms with Crippen molar-refractivity contribution in [3.63, 3.8) is 0 Å². The third-order valence-corrected chi connectivity index (χ3v) is 7.19. The summed E-state index contributed by atoms with van der Waals surface area (Å²) in [7, 11) is 0. The molecule has 1 aliphatic rings. The first kappa shape index (κ1) is 31.3. The number of aromatic nitrogens is 4. The molecule has 0 radical (unpaired) electrons. The summed E-state index contributed by atoms with van der Waals surface area (Å²) in [4.78, 5) is 25.2. The van der Waals surface area contributed by atoms with E-state index in [2.05, 4.69) is 42.4 Å². The molecule has 1 aliphatic carbocycles. The largest absolute Gasteiger partial charge is 0.446 e. The van der Waals surface area contributed by atoms with E-state index in [1.54, 1.807) is 6.20 Å². The second-order valence-corrected chi connectivity index (χ2v) is 12.2. The van der Waals surface area contributed by atoms with Crippen LogP contribution in [-0.2, 0) is 16.8 Å². The number of alkyl carbamates (subject to hydrolysis) is 1. The van der Waals surface area contributed by atoms with Crippen molar-refractivity contribution in [2.24, 2.45) is 0 Å². The molecule has 2 N–H and O–H groups in total. The van der Waals surface area contributed by atoms with Gasteiger partial charge in [0.1, 0.15) is 11.9 Å². The van der Waals surface area contributed by atoms with E-state index < -0.39 is 0 Å². The molecule has 0 unspecified atom stereocenters. The van der Waals surface area contributed by atoms with Gasteiger partial charge in [-0.25, -0.2) is 9.48 Å². The first-order chi connectivity index (χ1) is 19.1. The maximum Gasteiger partial charge on any atom is 0.407 e. The van der Waals surface area contributed by atoms with Gasteiger partial charge in [0.15, 0.2) is 0 Å². The number of hydrogen-bond donors (Lipinski definition) is 2. The Kier molecular flexibility index (Phi) is 11.7.